The van der Waals surface area contributed by atoms with Crippen molar-refractivity contribution in [2.24, 2.45) is 11.8 Å². The number of nitrogens with one attached hydrogen (secondary N) is 2. The molecule has 0 spiro atoms. The maximum Gasteiger partial charge on any atom is 0.330 e. The Balaban J connectivity index is 1.00. The Labute approximate surface area is 357 Å². The lowest BCUT2D eigenvalue weighted by atomic mass is 9.82. The number of carbonyl (C=O) groups is 4. The van der Waals surface area contributed by atoms with Gasteiger partial charge in [-0.2, -0.15) is 0 Å². The summed E-state index contributed by atoms with van der Waals surface area (Å²) in [4.78, 5) is 53.7. The van der Waals surface area contributed by atoms with Crippen molar-refractivity contribution in [2.75, 3.05) is 23.5 Å². The van der Waals surface area contributed by atoms with Crippen LogP contribution in [0.3, 0.4) is 0 Å². The van der Waals surface area contributed by atoms with E-state index in [0.717, 1.165) is 47.7 Å². The third-order valence-corrected chi connectivity index (χ3v) is 11.0. The third kappa shape index (κ3) is 12.7. The van der Waals surface area contributed by atoms with Gasteiger partial charge in [-0.3, -0.25) is 14.4 Å². The molecular formula is C45H46N4O9S2. The summed E-state index contributed by atoms with van der Waals surface area (Å²) in [5.74, 6) is -0.289. The van der Waals surface area contributed by atoms with Crippen LogP contribution in [-0.2, 0) is 30.5 Å². The van der Waals surface area contributed by atoms with Gasteiger partial charge in [0.25, 0.3) is 6.47 Å². The first-order valence-electron chi connectivity index (χ1n) is 19.7. The quantitative estimate of drug-likeness (QED) is 0.0146. The van der Waals surface area contributed by atoms with Crippen LogP contribution in [-0.4, -0.2) is 47.7 Å². The van der Waals surface area contributed by atoms with E-state index >= 15 is 0 Å². The first kappa shape index (κ1) is 43.4. The number of esters is 3. The molecule has 1 heterocycles. The summed E-state index contributed by atoms with van der Waals surface area (Å²) in [7, 11) is 0. The topological polar surface area (TPSA) is 155 Å². The molecule has 1 aliphatic carbocycles. The number of hydrazine groups is 1. The van der Waals surface area contributed by atoms with Crippen LogP contribution in [0.15, 0.2) is 110 Å². The normalized spacial score (nSPS) is 14.7. The van der Waals surface area contributed by atoms with Crippen molar-refractivity contribution in [3.05, 3.63) is 115 Å². The second-order valence-corrected chi connectivity index (χ2v) is 15.3. The number of anilines is 2. The van der Waals surface area contributed by atoms with Gasteiger partial charge in [0.2, 0.25) is 5.13 Å². The van der Waals surface area contributed by atoms with Gasteiger partial charge in [0, 0.05) is 23.9 Å². The molecule has 1 saturated carbocycles. The molecule has 1 aliphatic rings. The molecule has 1 fully saturated rings. The number of benzene rings is 4. The van der Waals surface area contributed by atoms with Crippen molar-refractivity contribution in [3.8, 4) is 23.0 Å². The van der Waals surface area contributed by atoms with Crippen LogP contribution in [0.25, 0.3) is 10.2 Å². The van der Waals surface area contributed by atoms with Crippen molar-refractivity contribution < 1.29 is 42.9 Å². The minimum Gasteiger partial charge on any atom is -0.494 e. The molecule has 2 N–H and O–H groups in total. The summed E-state index contributed by atoms with van der Waals surface area (Å²) >= 11 is 7.29. The lowest BCUT2D eigenvalue weighted by molar-refractivity contribution is -0.145. The van der Waals surface area contributed by atoms with E-state index in [1.165, 1.54) is 11.3 Å². The fourth-order valence-electron chi connectivity index (χ4n) is 6.51. The molecule has 4 aromatic carbocycles. The number of ether oxygens (including phenoxy) is 5. The van der Waals surface area contributed by atoms with Gasteiger partial charge in [-0.15, -0.1) is 0 Å². The Bertz CT molecular complexity index is 2210. The van der Waals surface area contributed by atoms with Crippen LogP contribution < -0.4 is 34.7 Å². The van der Waals surface area contributed by atoms with Crippen molar-refractivity contribution in [2.45, 2.75) is 57.9 Å². The molecule has 0 amide bonds. The first-order valence-corrected chi connectivity index (χ1v) is 21.0. The molecule has 0 radical (unpaired) electrons. The van der Waals surface area contributed by atoms with E-state index in [1.54, 1.807) is 47.5 Å². The molecule has 0 aliphatic heterocycles. The fraction of sp³-hybridized carbons (Fsp3) is 0.289. The average Bonchev–Trinajstić information content (AvgIpc) is 3.70. The summed E-state index contributed by atoms with van der Waals surface area (Å²) in [6.07, 6.45) is 6.52. The van der Waals surface area contributed by atoms with Gasteiger partial charge in [0.1, 0.15) is 23.0 Å². The maximum absolute atomic E-state index is 13.6. The molecule has 5 aromatic rings. The van der Waals surface area contributed by atoms with Crippen LogP contribution in [0.1, 0.15) is 56.9 Å². The zero-order valence-electron chi connectivity index (χ0n) is 32.9. The zero-order valence-corrected chi connectivity index (χ0v) is 34.6. The highest BCUT2D eigenvalue weighted by Gasteiger charge is 2.32. The largest absolute Gasteiger partial charge is 0.494 e. The summed E-state index contributed by atoms with van der Waals surface area (Å²) < 4.78 is 28.6. The molecule has 6 rings (SSSR count). The van der Waals surface area contributed by atoms with Crippen molar-refractivity contribution in [1.29, 1.82) is 0 Å². The Morgan fingerprint density at radius 3 is 2.15 bits per heavy atom. The number of rotatable bonds is 20. The van der Waals surface area contributed by atoms with Crippen LogP contribution in [0.4, 0.5) is 10.8 Å². The minimum absolute atomic E-state index is 0.120. The number of thiocarbonyl (C=S) groups is 1. The second-order valence-electron chi connectivity index (χ2n) is 13.9. The highest BCUT2D eigenvalue weighted by Crippen LogP contribution is 2.34. The van der Waals surface area contributed by atoms with Gasteiger partial charge >= 0.3 is 17.9 Å². The molecule has 15 heteroatoms. The SMILES string of the molecule is C=CC(=O)OCCCCCCOc1ccc(OC(=O)C2CCC(C(=O)Oc3ccc(OC=O)cc3CNN(C(=S)Nc3ccccc3)c3nc4ccccc4s3)CC2)cc1. The van der Waals surface area contributed by atoms with E-state index in [4.69, 9.17) is 40.9 Å². The number of unbranched alkanes of at least 4 members (excludes halogenated alkanes) is 3. The van der Waals surface area contributed by atoms with E-state index < -0.39 is 17.9 Å². The zero-order chi connectivity index (χ0) is 42.1. The highest BCUT2D eigenvalue weighted by molar-refractivity contribution is 7.80. The second kappa shape index (κ2) is 22.3. The van der Waals surface area contributed by atoms with Gasteiger partial charge in [0.05, 0.1) is 35.3 Å². The third-order valence-electron chi connectivity index (χ3n) is 9.71. The van der Waals surface area contributed by atoms with Gasteiger partial charge in [-0.25, -0.2) is 20.2 Å². The number of aromatic nitrogens is 1. The Hall–Kier alpha value is -6.16. The number of carbonyl (C=O) groups excluding carboxylic acids is 4. The number of thiazole rings is 1. The Kier molecular flexibility index (Phi) is 16.1. The fourth-order valence-corrected chi connectivity index (χ4v) is 7.79. The monoisotopic (exact) mass is 850 g/mol. The van der Waals surface area contributed by atoms with Crippen LogP contribution in [0.2, 0.25) is 0 Å². The lowest BCUT2D eigenvalue weighted by Crippen LogP contribution is -2.45. The molecule has 312 valence electrons. The number of fused-ring (bicyclic) bond motifs is 1. The molecular weight excluding hydrogens is 805 g/mol. The minimum atomic E-state index is -0.422. The first-order chi connectivity index (χ1) is 29.3. The van der Waals surface area contributed by atoms with E-state index in [0.29, 0.717) is 72.7 Å². The molecule has 0 saturated heterocycles. The molecule has 13 nitrogen and oxygen atoms in total. The number of hydrogen-bond donors (Lipinski definition) is 2. The summed E-state index contributed by atoms with van der Waals surface area (Å²) in [6.45, 7) is 4.75. The van der Waals surface area contributed by atoms with E-state index in [-0.39, 0.29) is 29.9 Å². The summed E-state index contributed by atoms with van der Waals surface area (Å²) in [6, 6.07) is 29.0. The Morgan fingerprint density at radius 2 is 1.45 bits per heavy atom. The summed E-state index contributed by atoms with van der Waals surface area (Å²) in [5, 5.41) is 5.83. The van der Waals surface area contributed by atoms with Crippen LogP contribution >= 0.6 is 23.6 Å². The average molecular weight is 851 g/mol. The van der Waals surface area contributed by atoms with Gasteiger partial charge < -0.3 is 29.0 Å². The van der Waals surface area contributed by atoms with E-state index in [1.807, 2.05) is 54.6 Å². The molecule has 1 aromatic heterocycles. The molecule has 60 heavy (non-hydrogen) atoms. The number of para-hydroxylation sites is 2. The van der Waals surface area contributed by atoms with E-state index in [2.05, 4.69) is 17.3 Å². The number of nitrogens with zero attached hydrogens (tertiary/aromatic N) is 2. The maximum atomic E-state index is 13.6. The Morgan fingerprint density at radius 1 is 0.800 bits per heavy atom. The molecule has 0 bridgehead atoms. The van der Waals surface area contributed by atoms with E-state index in [9.17, 15) is 19.2 Å². The van der Waals surface area contributed by atoms with Gasteiger partial charge in [-0.1, -0.05) is 48.2 Å². The standard InChI is InChI=1S/C45H46N4O9S2/c1-2-41(51)55-27-11-4-3-10-26-54-35-20-22-36(23-21-35)57-42(52)31-16-18-32(19-17-31)43(53)58-39-25-24-37(56-30-50)28-33(39)29-46-49(44(59)47-34-12-6-5-7-13-34)45-48-38-14-8-9-15-40(38)60-45/h2,5-9,12-15,20-25,28,30-32,46H,1,3-4,10-11,16-19,26-27,29H2,(H,47,59). The van der Waals surface area contributed by atoms with Crippen LogP contribution in [0.5, 0.6) is 23.0 Å². The van der Waals surface area contributed by atoms with Crippen molar-refractivity contribution >= 4 is 74.1 Å². The molecule has 0 unspecified atom stereocenters. The number of hydrogen-bond acceptors (Lipinski definition) is 13. The highest BCUT2D eigenvalue weighted by atomic mass is 32.1. The van der Waals surface area contributed by atoms with Gasteiger partial charge in [-0.05, 0) is 130 Å². The summed E-state index contributed by atoms with van der Waals surface area (Å²) in [5.41, 5.74) is 5.47. The molecule has 0 atom stereocenters. The van der Waals surface area contributed by atoms with Crippen LogP contribution in [0, 0.1) is 11.8 Å². The predicted octanol–water partition coefficient (Wildman–Crippen LogP) is 8.73. The smallest absolute Gasteiger partial charge is 0.330 e. The van der Waals surface area contributed by atoms with Crippen molar-refractivity contribution in [1.82, 2.24) is 10.4 Å². The lowest BCUT2D eigenvalue weighted by Gasteiger charge is -2.26. The van der Waals surface area contributed by atoms with Crippen molar-refractivity contribution in [3.63, 3.8) is 0 Å². The van der Waals surface area contributed by atoms with Gasteiger partial charge in [0.15, 0.2) is 5.11 Å². The predicted molar refractivity (Wildman–Crippen MR) is 233 cm³/mol.